The molecule has 2 fully saturated rings. The number of urea groups is 1. The monoisotopic (exact) mass is 347 g/mol. The van der Waals surface area contributed by atoms with Gasteiger partial charge in [0, 0.05) is 11.3 Å². The van der Waals surface area contributed by atoms with E-state index < -0.39 is 11.6 Å². The third-order valence-electron chi connectivity index (χ3n) is 4.21. The molecule has 1 atom stereocenters. The summed E-state index contributed by atoms with van der Waals surface area (Å²) in [5, 5.41) is 2.80. The van der Waals surface area contributed by atoms with E-state index in [1.54, 1.807) is 23.9 Å². The van der Waals surface area contributed by atoms with Crippen molar-refractivity contribution in [3.8, 4) is 11.5 Å². The van der Waals surface area contributed by atoms with Gasteiger partial charge in [-0.15, -0.1) is 0 Å². The lowest BCUT2D eigenvalue weighted by Crippen LogP contribution is -2.46. The van der Waals surface area contributed by atoms with Crippen LogP contribution in [0.15, 0.2) is 34.9 Å². The molecule has 1 aromatic heterocycles. The van der Waals surface area contributed by atoms with Crippen molar-refractivity contribution in [2.75, 3.05) is 11.5 Å². The SMILES string of the molecule is O=C1N[C@@]2(CCSC2)C(=O)N1Cc1coc(-c2cccc(F)c2)n1. The lowest BCUT2D eigenvalue weighted by Gasteiger charge is -2.18. The van der Waals surface area contributed by atoms with Gasteiger partial charge in [-0.25, -0.2) is 14.2 Å². The maximum Gasteiger partial charge on any atom is 0.325 e. The highest BCUT2D eigenvalue weighted by Gasteiger charge is 2.52. The van der Waals surface area contributed by atoms with Crippen molar-refractivity contribution in [2.24, 2.45) is 0 Å². The van der Waals surface area contributed by atoms with Crippen molar-refractivity contribution in [1.82, 2.24) is 15.2 Å². The Balaban J connectivity index is 1.54. The molecule has 2 aliphatic heterocycles. The molecular weight excluding hydrogens is 333 g/mol. The lowest BCUT2D eigenvalue weighted by atomic mass is 9.99. The number of oxazole rings is 1. The van der Waals surface area contributed by atoms with Crippen molar-refractivity contribution in [1.29, 1.82) is 0 Å². The summed E-state index contributed by atoms with van der Waals surface area (Å²) in [5.41, 5.74) is 0.180. The van der Waals surface area contributed by atoms with Crippen LogP contribution in [0.2, 0.25) is 0 Å². The van der Waals surface area contributed by atoms with Crippen LogP contribution in [0.3, 0.4) is 0 Å². The van der Waals surface area contributed by atoms with Crippen molar-refractivity contribution < 1.29 is 18.4 Å². The normalized spacial score (nSPS) is 23.3. The summed E-state index contributed by atoms with van der Waals surface area (Å²) in [6, 6.07) is 5.48. The number of rotatable bonds is 3. The van der Waals surface area contributed by atoms with Crippen molar-refractivity contribution in [3.05, 3.63) is 42.0 Å². The van der Waals surface area contributed by atoms with Crippen LogP contribution < -0.4 is 5.32 Å². The molecule has 0 saturated carbocycles. The smallest absolute Gasteiger partial charge is 0.325 e. The van der Waals surface area contributed by atoms with Gasteiger partial charge in [0.2, 0.25) is 5.89 Å². The molecule has 8 heteroatoms. The second-order valence-corrected chi connectivity index (χ2v) is 6.97. The van der Waals surface area contributed by atoms with Gasteiger partial charge in [-0.05, 0) is 30.4 Å². The van der Waals surface area contributed by atoms with Gasteiger partial charge in [-0.2, -0.15) is 11.8 Å². The van der Waals surface area contributed by atoms with Gasteiger partial charge in [-0.3, -0.25) is 9.69 Å². The Morgan fingerprint density at radius 2 is 2.29 bits per heavy atom. The van der Waals surface area contributed by atoms with Gasteiger partial charge in [0.15, 0.2) is 0 Å². The first-order valence-corrected chi connectivity index (χ1v) is 8.65. The van der Waals surface area contributed by atoms with Gasteiger partial charge in [0.25, 0.3) is 5.91 Å². The zero-order chi connectivity index (χ0) is 16.7. The fraction of sp³-hybridized carbons (Fsp3) is 0.312. The molecule has 0 radical (unpaired) electrons. The van der Waals surface area contributed by atoms with Crippen LogP contribution in [-0.4, -0.2) is 38.9 Å². The van der Waals surface area contributed by atoms with E-state index in [0.717, 1.165) is 5.75 Å². The Bertz CT molecular complexity index is 816. The number of carbonyl (C=O) groups is 2. The van der Waals surface area contributed by atoms with Crippen LogP contribution >= 0.6 is 11.8 Å². The molecule has 2 aliphatic rings. The number of carbonyl (C=O) groups excluding carboxylic acids is 2. The molecule has 0 unspecified atom stereocenters. The predicted octanol–water partition coefficient (Wildman–Crippen LogP) is 2.41. The minimum absolute atomic E-state index is 0.0376. The molecule has 1 aromatic carbocycles. The quantitative estimate of drug-likeness (QED) is 0.863. The number of benzene rings is 1. The van der Waals surface area contributed by atoms with Crippen LogP contribution in [0.1, 0.15) is 12.1 Å². The molecule has 2 saturated heterocycles. The maximum atomic E-state index is 13.3. The number of nitrogens with zero attached hydrogens (tertiary/aromatic N) is 2. The molecule has 24 heavy (non-hydrogen) atoms. The molecule has 6 nitrogen and oxygen atoms in total. The second kappa shape index (κ2) is 5.62. The Labute approximate surface area is 141 Å². The minimum Gasteiger partial charge on any atom is -0.444 e. The number of amides is 3. The van der Waals surface area contributed by atoms with Gasteiger partial charge < -0.3 is 9.73 Å². The Morgan fingerprint density at radius 3 is 3.04 bits per heavy atom. The third-order valence-corrected chi connectivity index (χ3v) is 5.40. The average Bonchev–Trinajstić information content (AvgIpc) is 3.26. The Kier molecular flexibility index (Phi) is 3.56. The number of aromatic nitrogens is 1. The van der Waals surface area contributed by atoms with Crippen molar-refractivity contribution in [3.63, 3.8) is 0 Å². The number of hydrogen-bond acceptors (Lipinski definition) is 5. The predicted molar refractivity (Wildman–Crippen MR) is 85.7 cm³/mol. The van der Waals surface area contributed by atoms with Gasteiger partial charge >= 0.3 is 6.03 Å². The number of imide groups is 1. The number of hydrogen-bond donors (Lipinski definition) is 1. The highest BCUT2D eigenvalue weighted by atomic mass is 32.2. The first-order chi connectivity index (χ1) is 11.6. The van der Waals surface area contributed by atoms with E-state index >= 15 is 0 Å². The Morgan fingerprint density at radius 1 is 1.42 bits per heavy atom. The molecule has 1 spiro atoms. The highest BCUT2D eigenvalue weighted by Crippen LogP contribution is 2.34. The summed E-state index contributed by atoms with van der Waals surface area (Å²) < 4.78 is 18.6. The number of halogens is 1. The van der Waals surface area contributed by atoms with E-state index in [0.29, 0.717) is 23.4 Å². The van der Waals surface area contributed by atoms with E-state index in [9.17, 15) is 14.0 Å². The summed E-state index contributed by atoms with van der Waals surface area (Å²) in [7, 11) is 0. The molecule has 0 bridgehead atoms. The minimum atomic E-state index is -0.767. The molecule has 3 heterocycles. The van der Waals surface area contributed by atoms with Gasteiger partial charge in [0.05, 0.1) is 12.2 Å². The van der Waals surface area contributed by atoms with Crippen LogP contribution in [-0.2, 0) is 11.3 Å². The van der Waals surface area contributed by atoms with Crippen molar-refractivity contribution >= 4 is 23.7 Å². The van der Waals surface area contributed by atoms with E-state index in [2.05, 4.69) is 10.3 Å². The lowest BCUT2D eigenvalue weighted by molar-refractivity contribution is -0.130. The zero-order valence-corrected chi connectivity index (χ0v) is 13.4. The Hall–Kier alpha value is -2.35. The molecule has 2 aromatic rings. The number of thioether (sulfide) groups is 1. The molecule has 124 valence electrons. The fourth-order valence-corrected chi connectivity index (χ4v) is 4.27. The highest BCUT2D eigenvalue weighted by molar-refractivity contribution is 7.99. The first-order valence-electron chi connectivity index (χ1n) is 7.50. The molecule has 0 aliphatic carbocycles. The van der Waals surface area contributed by atoms with Gasteiger partial charge in [-0.1, -0.05) is 6.07 Å². The first kappa shape index (κ1) is 15.2. The summed E-state index contributed by atoms with van der Waals surface area (Å²) in [6.45, 7) is 0.0376. The number of nitrogens with one attached hydrogen (secondary N) is 1. The third kappa shape index (κ3) is 2.47. The molecular formula is C16H14FN3O3S. The largest absolute Gasteiger partial charge is 0.444 e. The van der Waals surface area contributed by atoms with E-state index in [1.807, 2.05) is 0 Å². The van der Waals surface area contributed by atoms with Crippen LogP contribution in [0.5, 0.6) is 0 Å². The summed E-state index contributed by atoms with van der Waals surface area (Å²) in [4.78, 5) is 30.2. The van der Waals surface area contributed by atoms with E-state index in [-0.39, 0.29) is 24.2 Å². The van der Waals surface area contributed by atoms with Gasteiger partial charge in [0.1, 0.15) is 17.6 Å². The maximum absolute atomic E-state index is 13.3. The zero-order valence-electron chi connectivity index (χ0n) is 12.6. The van der Waals surface area contributed by atoms with Crippen LogP contribution in [0.25, 0.3) is 11.5 Å². The van der Waals surface area contributed by atoms with E-state index in [4.69, 9.17) is 4.42 Å². The average molecular weight is 347 g/mol. The molecule has 3 amide bonds. The van der Waals surface area contributed by atoms with Crippen molar-refractivity contribution in [2.45, 2.75) is 18.5 Å². The topological polar surface area (TPSA) is 75.4 Å². The molecule has 4 rings (SSSR count). The summed E-state index contributed by atoms with van der Waals surface area (Å²) in [6.07, 6.45) is 2.03. The summed E-state index contributed by atoms with van der Waals surface area (Å²) >= 11 is 1.66. The second-order valence-electron chi connectivity index (χ2n) is 5.86. The van der Waals surface area contributed by atoms with Crippen LogP contribution in [0, 0.1) is 5.82 Å². The van der Waals surface area contributed by atoms with Crippen LogP contribution in [0.4, 0.5) is 9.18 Å². The van der Waals surface area contributed by atoms with E-state index in [1.165, 1.54) is 23.3 Å². The molecule has 1 N–H and O–H groups in total. The standard InChI is InChI=1S/C16H14FN3O3S/c17-11-3-1-2-10(6-11)13-18-12(8-23-13)7-20-14(21)16(19-15(20)22)4-5-24-9-16/h1-3,6,8H,4-5,7,9H2,(H,19,22)/t16-/m1/s1. The summed E-state index contributed by atoms with van der Waals surface area (Å²) in [5.74, 6) is 1.10. The fourth-order valence-electron chi connectivity index (χ4n) is 2.95.